The fourth-order valence-electron chi connectivity index (χ4n) is 2.25. The quantitative estimate of drug-likeness (QED) is 0.635. The smallest absolute Gasteiger partial charge is 0.230 e. The molecule has 27 heavy (non-hydrogen) atoms. The monoisotopic (exact) mass is 389 g/mol. The zero-order valence-electron chi connectivity index (χ0n) is 14.6. The molecule has 0 aliphatic rings. The van der Waals surface area contributed by atoms with Crippen molar-refractivity contribution in [2.45, 2.75) is 13.0 Å². The Kier molecular flexibility index (Phi) is 6.05. The molecular weight excluding hydrogens is 373 g/mol. The van der Waals surface area contributed by atoms with Crippen LogP contribution in [0, 0.1) is 5.82 Å². The van der Waals surface area contributed by atoms with Crippen LogP contribution >= 0.6 is 11.6 Å². The average Bonchev–Trinajstić information content (AvgIpc) is 2.65. The van der Waals surface area contributed by atoms with Gasteiger partial charge in [0.2, 0.25) is 11.9 Å². The molecule has 140 valence electrons. The molecule has 0 saturated carbocycles. The second-order valence-electron chi connectivity index (χ2n) is 5.65. The summed E-state index contributed by atoms with van der Waals surface area (Å²) in [6, 6.07) is 5.99. The standard InChI is InChI=1S/C17H17ClFN7O/c1-10(8-27-2)23-16-20-6-5-14(25-16)15-21-9-22-17(26-15)24-11-3-4-13(19)12(18)7-11/h3-7,9-10H,8H2,1-2H3,(H,20,23,25)(H,21,22,24,26)/t10-/m0/s1. The highest BCUT2D eigenvalue weighted by molar-refractivity contribution is 6.31. The number of nitrogens with one attached hydrogen (secondary N) is 2. The van der Waals surface area contributed by atoms with Gasteiger partial charge in [0.15, 0.2) is 5.82 Å². The van der Waals surface area contributed by atoms with Gasteiger partial charge in [-0.2, -0.15) is 4.98 Å². The Morgan fingerprint density at radius 3 is 2.78 bits per heavy atom. The minimum absolute atomic E-state index is 0.00553. The molecule has 0 fully saturated rings. The van der Waals surface area contributed by atoms with E-state index in [-0.39, 0.29) is 17.0 Å². The summed E-state index contributed by atoms with van der Waals surface area (Å²) in [6.45, 7) is 2.48. The summed E-state index contributed by atoms with van der Waals surface area (Å²) in [4.78, 5) is 21.1. The number of aromatic nitrogens is 5. The Balaban J connectivity index is 1.79. The molecule has 0 amide bonds. The zero-order chi connectivity index (χ0) is 19.2. The van der Waals surface area contributed by atoms with E-state index in [0.29, 0.717) is 29.8 Å². The maximum atomic E-state index is 13.3. The molecule has 0 saturated heterocycles. The summed E-state index contributed by atoms with van der Waals surface area (Å²) in [7, 11) is 1.63. The third kappa shape index (κ3) is 5.05. The van der Waals surface area contributed by atoms with Crippen molar-refractivity contribution in [3.63, 3.8) is 0 Å². The molecule has 10 heteroatoms. The first-order valence-corrected chi connectivity index (χ1v) is 8.43. The van der Waals surface area contributed by atoms with Crippen LogP contribution in [-0.4, -0.2) is 44.7 Å². The maximum Gasteiger partial charge on any atom is 0.230 e. The summed E-state index contributed by atoms with van der Waals surface area (Å²) in [5.41, 5.74) is 1.08. The van der Waals surface area contributed by atoms with Crippen molar-refractivity contribution in [2.75, 3.05) is 24.4 Å². The van der Waals surface area contributed by atoms with Gasteiger partial charge in [0.05, 0.1) is 11.6 Å². The van der Waals surface area contributed by atoms with E-state index >= 15 is 0 Å². The van der Waals surface area contributed by atoms with Crippen molar-refractivity contribution in [3.05, 3.63) is 47.6 Å². The summed E-state index contributed by atoms with van der Waals surface area (Å²) in [5.74, 6) is 0.591. The SMILES string of the molecule is COC[C@H](C)Nc1nccc(-c2ncnc(Nc3ccc(F)c(Cl)c3)n2)n1. The summed E-state index contributed by atoms with van der Waals surface area (Å²) in [6.07, 6.45) is 2.97. The average molecular weight is 390 g/mol. The van der Waals surface area contributed by atoms with Gasteiger partial charge in [0.25, 0.3) is 0 Å². The van der Waals surface area contributed by atoms with Crippen LogP contribution in [-0.2, 0) is 4.74 Å². The third-order valence-electron chi connectivity index (χ3n) is 3.42. The Bertz CT molecular complexity index is 927. The van der Waals surface area contributed by atoms with Crippen LogP contribution in [0.4, 0.5) is 22.0 Å². The normalized spacial score (nSPS) is 11.9. The van der Waals surface area contributed by atoms with Crippen LogP contribution in [0.25, 0.3) is 11.5 Å². The topological polar surface area (TPSA) is 97.7 Å². The van der Waals surface area contributed by atoms with Gasteiger partial charge in [0, 0.05) is 25.0 Å². The van der Waals surface area contributed by atoms with Crippen molar-refractivity contribution >= 4 is 29.2 Å². The predicted octanol–water partition coefficient (Wildman–Crippen LogP) is 3.31. The Labute approximate surface area is 160 Å². The number of hydrogen-bond acceptors (Lipinski definition) is 8. The van der Waals surface area contributed by atoms with E-state index in [0.717, 1.165) is 0 Å². The van der Waals surface area contributed by atoms with E-state index in [1.165, 1.54) is 24.5 Å². The van der Waals surface area contributed by atoms with E-state index in [9.17, 15) is 4.39 Å². The van der Waals surface area contributed by atoms with Gasteiger partial charge in [-0.25, -0.2) is 24.3 Å². The summed E-state index contributed by atoms with van der Waals surface area (Å²) in [5, 5.41) is 6.10. The number of rotatable bonds is 7. The number of methoxy groups -OCH3 is 1. The molecule has 2 heterocycles. The Morgan fingerprint density at radius 2 is 2.00 bits per heavy atom. The van der Waals surface area contributed by atoms with Gasteiger partial charge in [-0.05, 0) is 31.2 Å². The van der Waals surface area contributed by atoms with Crippen LogP contribution in [0.5, 0.6) is 0 Å². The van der Waals surface area contributed by atoms with Crippen molar-refractivity contribution in [2.24, 2.45) is 0 Å². The molecule has 0 bridgehead atoms. The lowest BCUT2D eigenvalue weighted by atomic mass is 10.3. The van der Waals surface area contributed by atoms with E-state index in [1.807, 2.05) is 6.92 Å². The molecule has 2 aromatic heterocycles. The van der Waals surface area contributed by atoms with Gasteiger partial charge < -0.3 is 15.4 Å². The zero-order valence-corrected chi connectivity index (χ0v) is 15.4. The number of ether oxygens (including phenoxy) is 1. The van der Waals surface area contributed by atoms with E-state index in [1.54, 1.807) is 19.4 Å². The predicted molar refractivity (Wildman–Crippen MR) is 101 cm³/mol. The Morgan fingerprint density at radius 1 is 1.15 bits per heavy atom. The van der Waals surface area contributed by atoms with E-state index < -0.39 is 5.82 Å². The molecule has 0 spiro atoms. The van der Waals surface area contributed by atoms with Crippen LogP contribution in [0.15, 0.2) is 36.8 Å². The highest BCUT2D eigenvalue weighted by Gasteiger charge is 2.10. The fraction of sp³-hybridized carbons (Fsp3) is 0.235. The van der Waals surface area contributed by atoms with Gasteiger partial charge in [-0.1, -0.05) is 11.6 Å². The van der Waals surface area contributed by atoms with Gasteiger partial charge >= 0.3 is 0 Å². The van der Waals surface area contributed by atoms with Crippen LogP contribution in [0.2, 0.25) is 5.02 Å². The van der Waals surface area contributed by atoms with Gasteiger partial charge in [-0.3, -0.25) is 0 Å². The lowest BCUT2D eigenvalue weighted by Crippen LogP contribution is -2.22. The highest BCUT2D eigenvalue weighted by atomic mass is 35.5. The van der Waals surface area contributed by atoms with Crippen molar-refractivity contribution < 1.29 is 9.13 Å². The molecule has 2 N–H and O–H groups in total. The fourth-order valence-corrected chi connectivity index (χ4v) is 2.43. The molecule has 0 radical (unpaired) electrons. The first-order valence-electron chi connectivity index (χ1n) is 8.05. The minimum atomic E-state index is -0.498. The van der Waals surface area contributed by atoms with Crippen molar-refractivity contribution in [3.8, 4) is 11.5 Å². The van der Waals surface area contributed by atoms with E-state index in [4.69, 9.17) is 16.3 Å². The highest BCUT2D eigenvalue weighted by Crippen LogP contribution is 2.22. The molecule has 3 aromatic rings. The molecule has 0 unspecified atom stereocenters. The summed E-state index contributed by atoms with van der Waals surface area (Å²) >= 11 is 5.79. The van der Waals surface area contributed by atoms with Gasteiger partial charge in [-0.15, -0.1) is 0 Å². The summed E-state index contributed by atoms with van der Waals surface area (Å²) < 4.78 is 18.4. The number of anilines is 3. The molecular formula is C17H17ClFN7O. The number of halogens is 2. The second-order valence-corrected chi connectivity index (χ2v) is 6.06. The Hall–Kier alpha value is -2.91. The minimum Gasteiger partial charge on any atom is -0.383 e. The number of nitrogens with zero attached hydrogens (tertiary/aromatic N) is 5. The number of hydrogen-bond donors (Lipinski definition) is 2. The van der Waals surface area contributed by atoms with Crippen molar-refractivity contribution in [1.29, 1.82) is 0 Å². The lowest BCUT2D eigenvalue weighted by molar-refractivity contribution is 0.190. The maximum absolute atomic E-state index is 13.3. The molecule has 0 aliphatic heterocycles. The largest absolute Gasteiger partial charge is 0.383 e. The second kappa shape index (κ2) is 8.65. The van der Waals surface area contributed by atoms with Crippen LogP contribution < -0.4 is 10.6 Å². The molecule has 3 rings (SSSR count). The number of benzene rings is 1. The lowest BCUT2D eigenvalue weighted by Gasteiger charge is -2.12. The van der Waals surface area contributed by atoms with Crippen LogP contribution in [0.1, 0.15) is 6.92 Å². The van der Waals surface area contributed by atoms with Crippen molar-refractivity contribution in [1.82, 2.24) is 24.9 Å². The van der Waals surface area contributed by atoms with E-state index in [2.05, 4.69) is 35.6 Å². The first kappa shape index (κ1) is 18.9. The molecule has 1 aromatic carbocycles. The molecule has 8 nitrogen and oxygen atoms in total. The molecule has 0 aliphatic carbocycles. The first-order chi connectivity index (χ1) is 13.0. The molecule has 1 atom stereocenters. The van der Waals surface area contributed by atoms with Crippen LogP contribution in [0.3, 0.4) is 0 Å². The third-order valence-corrected chi connectivity index (χ3v) is 3.71. The van der Waals surface area contributed by atoms with Gasteiger partial charge in [0.1, 0.15) is 17.8 Å².